The summed E-state index contributed by atoms with van der Waals surface area (Å²) in [7, 11) is -16.9. The lowest BCUT2D eigenvalue weighted by Gasteiger charge is -2.19. The molecule has 7 N–H and O–H groups in total. The lowest BCUT2D eigenvalue weighted by Crippen LogP contribution is -2.33. The second kappa shape index (κ2) is 9.40. The van der Waals surface area contributed by atoms with Crippen molar-refractivity contribution >= 4 is 29.2 Å². The molecule has 3 rings (SSSR count). The molecule has 18 nitrogen and oxygen atoms in total. The van der Waals surface area contributed by atoms with E-state index in [9.17, 15) is 42.8 Å². The van der Waals surface area contributed by atoms with Gasteiger partial charge in [0.1, 0.15) is 24.4 Å². The summed E-state index contributed by atoms with van der Waals surface area (Å²) < 4.78 is 64.8. The average Bonchev–Trinajstić information content (AvgIpc) is 2.93. The number of aliphatic hydroxyl groups is 2. The largest absolute Gasteiger partial charge is 0.490 e. The predicted octanol–water partition coefficient (Wildman–Crippen LogP) is -1.97. The number of fused-ring (bicyclic) bond motifs is 1. The number of nitrogens with one attached hydrogen (secondary N) is 1. The Kier molecular flexibility index (Phi) is 7.44. The average molecular weight is 553 g/mol. The van der Waals surface area contributed by atoms with Crippen molar-refractivity contribution in [3.63, 3.8) is 0 Å². The van der Waals surface area contributed by atoms with Gasteiger partial charge in [0.15, 0.2) is 0 Å². The minimum atomic E-state index is -5.78. The highest BCUT2D eigenvalue weighted by atomic mass is 31.3. The first kappa shape index (κ1) is 26.9. The standard InChI is InChI=1S/C12H15FN3O15P3/c13-5-2-16-1-4(10(19)14-12(16)15-11(5)20)9-8(18)7(17)6(29-9)3-28-33(24,25)31-34(26,27)30-32(21,22)23/h1-2,6-9,17-18H,3H2,(H,24,25)(H,26,27)(H2,21,22,23)(H,14,15,19,20)/t6-,7?,8+,9+/m1/s1. The van der Waals surface area contributed by atoms with Crippen LogP contribution < -0.4 is 11.1 Å². The van der Waals surface area contributed by atoms with Gasteiger partial charge < -0.3 is 34.5 Å². The number of halogens is 1. The number of ether oxygens (including phenoxy) is 1. The maximum absolute atomic E-state index is 13.5. The fraction of sp³-hybridized carbons (Fsp3) is 0.417. The van der Waals surface area contributed by atoms with Crippen LogP contribution in [0.15, 0.2) is 22.0 Å². The molecule has 22 heteroatoms. The molecule has 6 atom stereocenters. The molecule has 2 aromatic rings. The summed E-state index contributed by atoms with van der Waals surface area (Å²) in [6.45, 7) is -1.11. The SMILES string of the molecule is O=c1nc2[nH]c(=O)c(F)cn2cc1[C@@H]1O[C@H](COP(=O)(O)OP(=O)(O)OP(=O)(O)O)C(O)[C@@H]1O. The molecule has 34 heavy (non-hydrogen) atoms. The number of phosphoric acid groups is 3. The fourth-order valence-corrected chi connectivity index (χ4v) is 5.86. The van der Waals surface area contributed by atoms with Crippen molar-refractivity contribution in [1.29, 1.82) is 0 Å². The van der Waals surface area contributed by atoms with Crippen molar-refractivity contribution in [1.82, 2.24) is 14.4 Å². The monoisotopic (exact) mass is 553 g/mol. The van der Waals surface area contributed by atoms with E-state index >= 15 is 0 Å². The lowest BCUT2D eigenvalue weighted by atomic mass is 10.0. The first-order valence-corrected chi connectivity index (χ1v) is 13.1. The summed E-state index contributed by atoms with van der Waals surface area (Å²) in [5.41, 5.74) is -2.62. The third kappa shape index (κ3) is 6.30. The van der Waals surface area contributed by atoms with Crippen LogP contribution in [-0.4, -0.2) is 69.1 Å². The number of hydrogen-bond acceptors (Lipinski definition) is 12. The summed E-state index contributed by atoms with van der Waals surface area (Å²) in [5.74, 6) is -1.58. The molecule has 3 heterocycles. The molecule has 190 valence electrons. The van der Waals surface area contributed by atoms with Crippen molar-refractivity contribution in [2.75, 3.05) is 6.61 Å². The first-order valence-electron chi connectivity index (χ1n) is 8.60. The highest BCUT2D eigenvalue weighted by Crippen LogP contribution is 2.66. The quantitative estimate of drug-likeness (QED) is 0.175. The third-order valence-corrected chi connectivity index (χ3v) is 7.96. The Hall–Kier alpha value is -1.69. The number of hydrogen-bond donors (Lipinski definition) is 7. The zero-order valence-corrected chi connectivity index (χ0v) is 18.8. The van der Waals surface area contributed by atoms with Crippen LogP contribution in [0.25, 0.3) is 5.78 Å². The Morgan fingerprint density at radius 1 is 1.06 bits per heavy atom. The van der Waals surface area contributed by atoms with Gasteiger partial charge in [-0.1, -0.05) is 0 Å². The van der Waals surface area contributed by atoms with Crippen LogP contribution in [0.1, 0.15) is 11.7 Å². The van der Waals surface area contributed by atoms with Gasteiger partial charge in [-0.15, -0.1) is 0 Å². The molecule has 3 unspecified atom stereocenters. The Morgan fingerprint density at radius 3 is 2.32 bits per heavy atom. The lowest BCUT2D eigenvalue weighted by molar-refractivity contribution is -0.0227. The second-order valence-corrected chi connectivity index (χ2v) is 11.0. The normalized spacial score (nSPS) is 26.9. The number of aliphatic hydroxyl groups excluding tert-OH is 2. The van der Waals surface area contributed by atoms with Gasteiger partial charge in [0, 0.05) is 6.20 Å². The van der Waals surface area contributed by atoms with Gasteiger partial charge in [-0.05, 0) is 0 Å². The van der Waals surface area contributed by atoms with Crippen LogP contribution in [0.4, 0.5) is 4.39 Å². The summed E-state index contributed by atoms with van der Waals surface area (Å²) in [4.78, 5) is 64.6. The molecule has 0 aliphatic carbocycles. The summed E-state index contributed by atoms with van der Waals surface area (Å²) >= 11 is 0. The summed E-state index contributed by atoms with van der Waals surface area (Å²) in [5, 5.41) is 20.3. The highest BCUT2D eigenvalue weighted by Gasteiger charge is 2.47. The zero-order valence-electron chi connectivity index (χ0n) is 16.1. The van der Waals surface area contributed by atoms with Gasteiger partial charge in [0.05, 0.1) is 18.4 Å². The van der Waals surface area contributed by atoms with Crippen LogP contribution in [-0.2, 0) is 31.6 Å². The van der Waals surface area contributed by atoms with E-state index in [2.05, 4.69) is 18.1 Å². The number of aromatic amines is 1. The molecular formula is C12H15FN3O15P3. The van der Waals surface area contributed by atoms with Crippen LogP contribution in [0.5, 0.6) is 0 Å². The number of phosphoric ester groups is 1. The molecule has 0 bridgehead atoms. The molecule has 0 saturated carbocycles. The van der Waals surface area contributed by atoms with Crippen molar-refractivity contribution in [2.45, 2.75) is 24.4 Å². The highest BCUT2D eigenvalue weighted by molar-refractivity contribution is 7.66. The molecule has 0 spiro atoms. The van der Waals surface area contributed by atoms with E-state index in [4.69, 9.17) is 19.4 Å². The van der Waals surface area contributed by atoms with E-state index in [0.717, 1.165) is 10.6 Å². The van der Waals surface area contributed by atoms with E-state index in [-0.39, 0.29) is 5.78 Å². The van der Waals surface area contributed by atoms with E-state index in [1.165, 1.54) is 0 Å². The van der Waals surface area contributed by atoms with Gasteiger partial charge in [0.25, 0.3) is 11.1 Å². The Bertz CT molecular complexity index is 1360. The van der Waals surface area contributed by atoms with Crippen LogP contribution in [0.2, 0.25) is 0 Å². The molecular weight excluding hydrogens is 538 g/mol. The minimum Gasteiger partial charge on any atom is -0.387 e. The maximum atomic E-state index is 13.5. The fourth-order valence-electron chi connectivity index (χ4n) is 2.83. The maximum Gasteiger partial charge on any atom is 0.490 e. The van der Waals surface area contributed by atoms with Crippen LogP contribution in [0.3, 0.4) is 0 Å². The second-order valence-electron chi connectivity index (χ2n) is 6.63. The van der Waals surface area contributed by atoms with Gasteiger partial charge in [-0.3, -0.25) is 23.5 Å². The number of rotatable bonds is 8. The smallest absolute Gasteiger partial charge is 0.387 e. The van der Waals surface area contributed by atoms with E-state index < -0.39 is 77.0 Å². The Morgan fingerprint density at radius 2 is 1.71 bits per heavy atom. The molecule has 1 saturated heterocycles. The number of H-pyrrole nitrogens is 1. The molecule has 0 amide bonds. The topological polar surface area (TPSA) is 277 Å². The molecule has 1 aliphatic rings. The predicted molar refractivity (Wildman–Crippen MR) is 101 cm³/mol. The molecule has 1 fully saturated rings. The van der Waals surface area contributed by atoms with Gasteiger partial charge in [-0.2, -0.15) is 18.0 Å². The minimum absolute atomic E-state index is 0.350. The van der Waals surface area contributed by atoms with Crippen molar-refractivity contribution in [2.24, 2.45) is 0 Å². The molecule has 1 aliphatic heterocycles. The van der Waals surface area contributed by atoms with E-state index in [1.54, 1.807) is 0 Å². The van der Waals surface area contributed by atoms with Crippen molar-refractivity contribution < 1.29 is 65.8 Å². The van der Waals surface area contributed by atoms with E-state index in [0.29, 0.717) is 6.20 Å². The zero-order chi connectivity index (χ0) is 25.6. The van der Waals surface area contributed by atoms with Crippen LogP contribution in [0, 0.1) is 5.82 Å². The number of nitrogens with zero attached hydrogens (tertiary/aromatic N) is 2. The van der Waals surface area contributed by atoms with Crippen molar-refractivity contribution in [3.8, 4) is 0 Å². The summed E-state index contributed by atoms with van der Waals surface area (Å²) in [6.07, 6.45) is -5.39. The molecule has 2 aromatic heterocycles. The number of aromatic nitrogens is 3. The van der Waals surface area contributed by atoms with Gasteiger partial charge in [-0.25, -0.2) is 13.7 Å². The third-order valence-electron chi connectivity index (χ3n) is 4.16. The molecule has 0 aromatic carbocycles. The first-order chi connectivity index (χ1) is 15.5. The van der Waals surface area contributed by atoms with Crippen LogP contribution >= 0.6 is 23.5 Å². The Labute approximate surface area is 185 Å². The van der Waals surface area contributed by atoms with E-state index in [1.807, 2.05) is 4.98 Å². The van der Waals surface area contributed by atoms with Gasteiger partial charge >= 0.3 is 23.5 Å². The van der Waals surface area contributed by atoms with Crippen molar-refractivity contribution in [3.05, 3.63) is 44.5 Å². The summed E-state index contributed by atoms with van der Waals surface area (Å²) in [6, 6.07) is 0. The molecule has 0 radical (unpaired) electrons. The Balaban J connectivity index is 1.76. The van der Waals surface area contributed by atoms with Gasteiger partial charge in [0.2, 0.25) is 11.6 Å².